The average Bonchev–Trinajstić information content (AvgIpc) is 2.35. The van der Waals surface area contributed by atoms with Gasteiger partial charge in [0.05, 0.1) is 0 Å². The predicted molar refractivity (Wildman–Crippen MR) is 82.7 cm³/mol. The summed E-state index contributed by atoms with van der Waals surface area (Å²) >= 11 is 9.83. The number of halogens is 2. The van der Waals surface area contributed by atoms with E-state index in [1.807, 2.05) is 12.1 Å². The highest BCUT2D eigenvalue weighted by Crippen LogP contribution is 2.31. The van der Waals surface area contributed by atoms with Gasteiger partial charge in [-0.2, -0.15) is 0 Å². The van der Waals surface area contributed by atoms with Crippen molar-refractivity contribution in [2.45, 2.75) is 25.1 Å². The maximum absolute atomic E-state index is 6.06. The maximum atomic E-state index is 6.06. The van der Waals surface area contributed by atoms with E-state index in [1.54, 1.807) is 0 Å². The molecule has 0 saturated carbocycles. The lowest BCUT2D eigenvalue weighted by molar-refractivity contribution is 0.937. The highest BCUT2D eigenvalue weighted by molar-refractivity contribution is 9.09. The van der Waals surface area contributed by atoms with Crippen LogP contribution in [0.1, 0.15) is 27.1 Å². The van der Waals surface area contributed by atoms with Gasteiger partial charge in [-0.05, 0) is 49.1 Å². The van der Waals surface area contributed by atoms with Crippen molar-refractivity contribution in [2.75, 3.05) is 0 Å². The van der Waals surface area contributed by atoms with Gasteiger partial charge < -0.3 is 0 Å². The van der Waals surface area contributed by atoms with Crippen molar-refractivity contribution in [1.29, 1.82) is 0 Å². The number of aryl methyl sites for hydroxylation is 2. The van der Waals surface area contributed by atoms with Crippen molar-refractivity contribution in [1.82, 2.24) is 0 Å². The van der Waals surface area contributed by atoms with E-state index >= 15 is 0 Å². The summed E-state index contributed by atoms with van der Waals surface area (Å²) in [6.07, 6.45) is 0.974. The first-order chi connectivity index (χ1) is 8.56. The quantitative estimate of drug-likeness (QED) is 0.642. The molecule has 0 nitrogen and oxygen atoms in total. The summed E-state index contributed by atoms with van der Waals surface area (Å²) in [4.78, 5) is 0.305. The smallest absolute Gasteiger partial charge is 0.0438 e. The predicted octanol–water partition coefficient (Wildman–Crippen LogP) is 5.64. The molecule has 0 radical (unpaired) electrons. The van der Waals surface area contributed by atoms with E-state index < -0.39 is 0 Å². The summed E-state index contributed by atoms with van der Waals surface area (Å²) in [7, 11) is 0. The maximum Gasteiger partial charge on any atom is 0.0438 e. The molecule has 0 spiro atoms. The van der Waals surface area contributed by atoms with Crippen LogP contribution in [0.5, 0.6) is 0 Å². The van der Waals surface area contributed by atoms with E-state index in [0.717, 1.165) is 11.4 Å². The molecular formula is C16H16BrCl. The zero-order chi connectivity index (χ0) is 13.1. The van der Waals surface area contributed by atoms with Crippen molar-refractivity contribution < 1.29 is 0 Å². The molecule has 0 aliphatic carbocycles. The molecule has 0 aliphatic heterocycles. The Balaban J connectivity index is 2.18. The van der Waals surface area contributed by atoms with Crippen LogP contribution in [0.3, 0.4) is 0 Å². The molecule has 0 saturated heterocycles. The molecule has 0 fully saturated rings. The number of benzene rings is 2. The van der Waals surface area contributed by atoms with Gasteiger partial charge in [0.15, 0.2) is 0 Å². The number of hydrogen-bond acceptors (Lipinski definition) is 0. The van der Waals surface area contributed by atoms with Crippen molar-refractivity contribution in [2.24, 2.45) is 0 Å². The van der Waals surface area contributed by atoms with Crippen LogP contribution < -0.4 is 0 Å². The summed E-state index contributed by atoms with van der Waals surface area (Å²) in [5.41, 5.74) is 5.17. The fourth-order valence-corrected chi connectivity index (χ4v) is 3.04. The van der Waals surface area contributed by atoms with Gasteiger partial charge in [-0.15, -0.1) is 0 Å². The lowest BCUT2D eigenvalue weighted by atomic mass is 10.00. The molecule has 94 valence electrons. The molecule has 0 aliphatic rings. The standard InChI is InChI=1S/C16H16BrCl/c1-11-3-6-13(7-4-11)9-16(17)15-10-14(18)8-5-12(15)2/h3-8,10,16H,9H2,1-2H3. The molecule has 0 bridgehead atoms. The molecular weight excluding hydrogens is 308 g/mol. The van der Waals surface area contributed by atoms with Crippen molar-refractivity contribution >= 4 is 27.5 Å². The third-order valence-electron chi connectivity index (χ3n) is 3.11. The summed E-state index contributed by atoms with van der Waals surface area (Å²) < 4.78 is 0. The molecule has 0 N–H and O–H groups in total. The minimum Gasteiger partial charge on any atom is -0.0843 e. The van der Waals surface area contributed by atoms with Crippen LogP contribution in [0.15, 0.2) is 42.5 Å². The average molecular weight is 324 g/mol. The van der Waals surface area contributed by atoms with Crippen LogP contribution in [0.25, 0.3) is 0 Å². The second-order valence-electron chi connectivity index (χ2n) is 4.66. The molecule has 1 atom stereocenters. The van der Waals surface area contributed by atoms with Gasteiger partial charge in [-0.3, -0.25) is 0 Å². The van der Waals surface area contributed by atoms with Crippen LogP contribution in [0.2, 0.25) is 5.02 Å². The second-order valence-corrected chi connectivity index (χ2v) is 6.20. The molecule has 0 aromatic heterocycles. The van der Waals surface area contributed by atoms with Crippen LogP contribution in [0.4, 0.5) is 0 Å². The topological polar surface area (TPSA) is 0 Å². The monoisotopic (exact) mass is 322 g/mol. The van der Waals surface area contributed by atoms with Gasteiger partial charge in [-0.1, -0.05) is 63.4 Å². The highest BCUT2D eigenvalue weighted by Gasteiger charge is 2.11. The molecule has 2 aromatic rings. The molecule has 2 rings (SSSR count). The SMILES string of the molecule is Cc1ccc(CC(Br)c2cc(Cl)ccc2C)cc1. The summed E-state index contributed by atoms with van der Waals surface area (Å²) in [5, 5.41) is 0.795. The van der Waals surface area contributed by atoms with Gasteiger partial charge in [0, 0.05) is 9.85 Å². The zero-order valence-electron chi connectivity index (χ0n) is 10.6. The van der Waals surface area contributed by atoms with Gasteiger partial charge >= 0.3 is 0 Å². The number of hydrogen-bond donors (Lipinski definition) is 0. The largest absolute Gasteiger partial charge is 0.0843 e. The molecule has 0 amide bonds. The van der Waals surface area contributed by atoms with E-state index in [2.05, 4.69) is 60.1 Å². The minimum absolute atomic E-state index is 0.305. The summed E-state index contributed by atoms with van der Waals surface area (Å²) in [6, 6.07) is 14.7. The fourth-order valence-electron chi connectivity index (χ4n) is 1.99. The third kappa shape index (κ3) is 3.37. The first-order valence-electron chi connectivity index (χ1n) is 6.02. The molecule has 2 aromatic carbocycles. The van der Waals surface area contributed by atoms with Crippen molar-refractivity contribution in [3.05, 3.63) is 69.7 Å². The minimum atomic E-state index is 0.305. The molecule has 0 heterocycles. The lowest BCUT2D eigenvalue weighted by Crippen LogP contribution is -1.98. The van der Waals surface area contributed by atoms with Crippen molar-refractivity contribution in [3.8, 4) is 0 Å². The van der Waals surface area contributed by atoms with Gasteiger partial charge in [0.1, 0.15) is 0 Å². The molecule has 1 unspecified atom stereocenters. The Morgan fingerprint density at radius 3 is 2.39 bits per heavy atom. The Morgan fingerprint density at radius 2 is 1.72 bits per heavy atom. The first-order valence-corrected chi connectivity index (χ1v) is 7.31. The second kappa shape index (κ2) is 5.90. The van der Waals surface area contributed by atoms with E-state index in [-0.39, 0.29) is 0 Å². The van der Waals surface area contributed by atoms with Gasteiger partial charge in [-0.25, -0.2) is 0 Å². The zero-order valence-corrected chi connectivity index (χ0v) is 12.9. The van der Waals surface area contributed by atoms with Crippen LogP contribution in [-0.4, -0.2) is 0 Å². The van der Waals surface area contributed by atoms with Crippen LogP contribution >= 0.6 is 27.5 Å². The Kier molecular flexibility index (Phi) is 4.47. The first kappa shape index (κ1) is 13.6. The highest BCUT2D eigenvalue weighted by atomic mass is 79.9. The Morgan fingerprint density at radius 1 is 1.06 bits per heavy atom. The molecule has 2 heteroatoms. The fraction of sp³-hybridized carbons (Fsp3) is 0.250. The lowest BCUT2D eigenvalue weighted by Gasteiger charge is -2.14. The van der Waals surface area contributed by atoms with E-state index in [0.29, 0.717) is 4.83 Å². The van der Waals surface area contributed by atoms with E-state index in [1.165, 1.54) is 22.3 Å². The summed E-state index contributed by atoms with van der Waals surface area (Å²) in [6.45, 7) is 4.23. The summed E-state index contributed by atoms with van der Waals surface area (Å²) in [5.74, 6) is 0. The van der Waals surface area contributed by atoms with Crippen LogP contribution in [-0.2, 0) is 6.42 Å². The third-order valence-corrected chi connectivity index (χ3v) is 4.17. The normalized spacial score (nSPS) is 12.4. The number of alkyl halides is 1. The van der Waals surface area contributed by atoms with Gasteiger partial charge in [0.2, 0.25) is 0 Å². The molecule has 18 heavy (non-hydrogen) atoms. The Bertz CT molecular complexity index is 531. The Labute approximate surface area is 122 Å². The van der Waals surface area contributed by atoms with E-state index in [9.17, 15) is 0 Å². The van der Waals surface area contributed by atoms with E-state index in [4.69, 9.17) is 11.6 Å². The van der Waals surface area contributed by atoms with Crippen molar-refractivity contribution in [3.63, 3.8) is 0 Å². The van der Waals surface area contributed by atoms with Gasteiger partial charge in [0.25, 0.3) is 0 Å². The number of rotatable bonds is 3. The van der Waals surface area contributed by atoms with Crippen LogP contribution in [0, 0.1) is 13.8 Å². The Hall–Kier alpha value is -0.790.